The van der Waals surface area contributed by atoms with Gasteiger partial charge in [0.1, 0.15) is 17.4 Å². The fourth-order valence-electron chi connectivity index (χ4n) is 2.54. The summed E-state index contributed by atoms with van der Waals surface area (Å²) < 4.78 is 7.72. The maximum atomic E-state index is 6.36. The first-order valence-corrected chi connectivity index (χ1v) is 7.45. The van der Waals surface area contributed by atoms with Gasteiger partial charge in [0.2, 0.25) is 0 Å². The van der Waals surface area contributed by atoms with Crippen molar-refractivity contribution in [2.24, 2.45) is 5.73 Å². The second-order valence-electron chi connectivity index (χ2n) is 5.27. The summed E-state index contributed by atoms with van der Waals surface area (Å²) in [4.78, 5) is 0. The van der Waals surface area contributed by atoms with Crippen LogP contribution in [0.15, 0.2) is 34.9 Å². The summed E-state index contributed by atoms with van der Waals surface area (Å²) in [5, 5.41) is 5.91. The van der Waals surface area contributed by atoms with E-state index in [2.05, 4.69) is 25.0 Å². The third kappa shape index (κ3) is 2.57. The maximum absolute atomic E-state index is 6.36. The number of fused-ring (bicyclic) bond motifs is 1. The van der Waals surface area contributed by atoms with Crippen LogP contribution in [0.5, 0.6) is 0 Å². The number of benzene rings is 1. The Kier molecular flexibility index (Phi) is 3.74. The lowest BCUT2D eigenvalue weighted by Crippen LogP contribution is -2.17. The minimum Gasteiger partial charge on any atom is -0.459 e. The van der Waals surface area contributed by atoms with Crippen molar-refractivity contribution in [1.29, 1.82) is 0 Å². The van der Waals surface area contributed by atoms with E-state index in [0.717, 1.165) is 29.6 Å². The average Bonchev–Trinajstić information content (AvgIpc) is 3.02. The topological polar surface area (TPSA) is 57.0 Å². The SMILES string of the molecule is CCCn1ncc(Cl)c1C(N)c1cc2cc(C)ccc2o1. The second-order valence-corrected chi connectivity index (χ2v) is 5.68. The zero-order valence-corrected chi connectivity index (χ0v) is 12.9. The molecular formula is C16H18ClN3O. The van der Waals surface area contributed by atoms with Crippen molar-refractivity contribution in [2.45, 2.75) is 32.9 Å². The summed E-state index contributed by atoms with van der Waals surface area (Å²) in [5.74, 6) is 0.704. The molecule has 0 radical (unpaired) electrons. The molecule has 0 aliphatic carbocycles. The zero-order valence-electron chi connectivity index (χ0n) is 12.1. The molecule has 0 aliphatic heterocycles. The van der Waals surface area contributed by atoms with Crippen molar-refractivity contribution < 1.29 is 4.42 Å². The molecule has 0 aliphatic rings. The molecular weight excluding hydrogens is 286 g/mol. The highest BCUT2D eigenvalue weighted by atomic mass is 35.5. The lowest BCUT2D eigenvalue weighted by Gasteiger charge is -2.12. The minimum absolute atomic E-state index is 0.417. The Morgan fingerprint density at radius 2 is 2.19 bits per heavy atom. The summed E-state index contributed by atoms with van der Waals surface area (Å²) in [5.41, 5.74) is 9.18. The largest absolute Gasteiger partial charge is 0.459 e. The molecule has 0 spiro atoms. The number of hydrogen-bond acceptors (Lipinski definition) is 3. The molecule has 21 heavy (non-hydrogen) atoms. The zero-order chi connectivity index (χ0) is 15.0. The second kappa shape index (κ2) is 5.54. The molecule has 0 saturated heterocycles. The lowest BCUT2D eigenvalue weighted by atomic mass is 10.1. The molecule has 1 unspecified atom stereocenters. The van der Waals surface area contributed by atoms with Gasteiger partial charge in [0.25, 0.3) is 0 Å². The summed E-state index contributed by atoms with van der Waals surface area (Å²) in [7, 11) is 0. The first-order valence-electron chi connectivity index (χ1n) is 7.07. The van der Waals surface area contributed by atoms with Crippen molar-refractivity contribution >= 4 is 22.6 Å². The number of hydrogen-bond donors (Lipinski definition) is 1. The van der Waals surface area contributed by atoms with E-state index in [1.807, 2.05) is 22.9 Å². The van der Waals surface area contributed by atoms with Crippen LogP contribution in [0, 0.1) is 6.92 Å². The number of nitrogens with two attached hydrogens (primary N) is 1. The van der Waals surface area contributed by atoms with Gasteiger partial charge in [0, 0.05) is 11.9 Å². The fraction of sp³-hybridized carbons (Fsp3) is 0.312. The van der Waals surface area contributed by atoms with Gasteiger partial charge in [-0.15, -0.1) is 0 Å². The Hall–Kier alpha value is -1.78. The molecule has 3 rings (SSSR count). The van der Waals surface area contributed by atoms with Gasteiger partial charge in [-0.05, 0) is 31.5 Å². The van der Waals surface area contributed by atoms with Gasteiger partial charge in [0.05, 0.1) is 16.9 Å². The normalized spacial score (nSPS) is 13.0. The van der Waals surface area contributed by atoms with Crippen LogP contribution in [0.1, 0.15) is 36.4 Å². The van der Waals surface area contributed by atoms with Gasteiger partial charge < -0.3 is 10.2 Å². The molecule has 2 heterocycles. The van der Waals surface area contributed by atoms with Crippen LogP contribution in [0.25, 0.3) is 11.0 Å². The third-order valence-electron chi connectivity index (χ3n) is 3.56. The number of aromatic nitrogens is 2. The van der Waals surface area contributed by atoms with Crippen LogP contribution in [0.2, 0.25) is 5.02 Å². The molecule has 0 fully saturated rings. The Labute approximate surface area is 128 Å². The summed E-state index contributed by atoms with van der Waals surface area (Å²) >= 11 is 6.24. The predicted molar refractivity (Wildman–Crippen MR) is 84.5 cm³/mol. The molecule has 5 heteroatoms. The van der Waals surface area contributed by atoms with Crippen molar-refractivity contribution in [3.05, 3.63) is 52.5 Å². The van der Waals surface area contributed by atoms with E-state index in [1.165, 1.54) is 5.56 Å². The van der Waals surface area contributed by atoms with Gasteiger partial charge in [-0.25, -0.2) is 0 Å². The first kappa shape index (κ1) is 14.2. The van der Waals surface area contributed by atoms with Crippen LogP contribution >= 0.6 is 11.6 Å². The maximum Gasteiger partial charge on any atom is 0.134 e. The van der Waals surface area contributed by atoms with Gasteiger partial charge >= 0.3 is 0 Å². The Morgan fingerprint density at radius 3 is 2.95 bits per heavy atom. The highest BCUT2D eigenvalue weighted by molar-refractivity contribution is 6.31. The highest BCUT2D eigenvalue weighted by Gasteiger charge is 2.21. The molecule has 2 N–H and O–H groups in total. The number of aryl methyl sites for hydroxylation is 2. The van der Waals surface area contributed by atoms with Crippen LogP contribution in [0.4, 0.5) is 0 Å². The third-order valence-corrected chi connectivity index (χ3v) is 3.85. The van der Waals surface area contributed by atoms with E-state index >= 15 is 0 Å². The van der Waals surface area contributed by atoms with Gasteiger partial charge in [0.15, 0.2) is 0 Å². The average molecular weight is 304 g/mol. The predicted octanol–water partition coefficient (Wildman–Crippen LogP) is 4.05. The molecule has 1 aromatic carbocycles. The first-order chi connectivity index (χ1) is 10.1. The van der Waals surface area contributed by atoms with Gasteiger partial charge in [-0.1, -0.05) is 30.2 Å². The van der Waals surface area contributed by atoms with Crippen molar-refractivity contribution in [3.63, 3.8) is 0 Å². The highest BCUT2D eigenvalue weighted by Crippen LogP contribution is 2.30. The van der Waals surface area contributed by atoms with E-state index in [0.29, 0.717) is 10.8 Å². The van der Waals surface area contributed by atoms with E-state index in [1.54, 1.807) is 6.20 Å². The molecule has 0 bridgehead atoms. The van der Waals surface area contributed by atoms with Crippen molar-refractivity contribution in [3.8, 4) is 0 Å². The monoisotopic (exact) mass is 303 g/mol. The van der Waals surface area contributed by atoms with Crippen LogP contribution < -0.4 is 5.73 Å². The molecule has 110 valence electrons. The fourth-order valence-corrected chi connectivity index (χ4v) is 2.80. The standard InChI is InChI=1S/C16H18ClN3O/c1-3-6-20-16(12(17)9-19-20)15(18)14-8-11-7-10(2)4-5-13(11)21-14/h4-5,7-9,15H,3,6,18H2,1-2H3. The number of furan rings is 1. The Balaban J connectivity index is 2.03. The van der Waals surface area contributed by atoms with Crippen molar-refractivity contribution in [1.82, 2.24) is 9.78 Å². The van der Waals surface area contributed by atoms with E-state index < -0.39 is 6.04 Å². The van der Waals surface area contributed by atoms with Crippen molar-refractivity contribution in [2.75, 3.05) is 0 Å². The number of halogens is 1. The molecule has 3 aromatic rings. The Morgan fingerprint density at radius 1 is 1.38 bits per heavy atom. The molecule has 1 atom stereocenters. The number of nitrogens with zero attached hydrogens (tertiary/aromatic N) is 2. The van der Waals surface area contributed by atoms with Crippen LogP contribution in [-0.2, 0) is 6.54 Å². The van der Waals surface area contributed by atoms with Crippen LogP contribution in [0.3, 0.4) is 0 Å². The van der Waals surface area contributed by atoms with E-state index in [4.69, 9.17) is 21.8 Å². The quantitative estimate of drug-likeness (QED) is 0.791. The molecule has 2 aromatic heterocycles. The van der Waals surface area contributed by atoms with Gasteiger partial charge in [-0.3, -0.25) is 4.68 Å². The molecule has 4 nitrogen and oxygen atoms in total. The summed E-state index contributed by atoms with van der Waals surface area (Å²) in [6.07, 6.45) is 2.61. The lowest BCUT2D eigenvalue weighted by molar-refractivity contribution is 0.492. The summed E-state index contributed by atoms with van der Waals surface area (Å²) in [6.45, 7) is 4.93. The van der Waals surface area contributed by atoms with Gasteiger partial charge in [-0.2, -0.15) is 5.10 Å². The van der Waals surface area contributed by atoms with E-state index in [9.17, 15) is 0 Å². The van der Waals surface area contributed by atoms with Crippen LogP contribution in [-0.4, -0.2) is 9.78 Å². The Bertz CT molecular complexity index is 775. The molecule has 0 amide bonds. The van der Waals surface area contributed by atoms with E-state index in [-0.39, 0.29) is 0 Å². The summed E-state index contributed by atoms with van der Waals surface area (Å²) in [6, 6.07) is 7.63. The minimum atomic E-state index is -0.417. The number of rotatable bonds is 4. The smallest absolute Gasteiger partial charge is 0.134 e. The molecule has 0 saturated carbocycles.